The minimum atomic E-state index is -1.09. The quantitative estimate of drug-likeness (QED) is 0.234. The molecule has 0 saturated heterocycles. The second-order valence-corrected chi connectivity index (χ2v) is 7.66. The van der Waals surface area contributed by atoms with Crippen LogP contribution in [-0.2, 0) is 12.1 Å². The van der Waals surface area contributed by atoms with Crippen molar-refractivity contribution in [1.29, 1.82) is 0 Å². The summed E-state index contributed by atoms with van der Waals surface area (Å²) in [5.74, 6) is 2.66. The molecule has 2 heterocycles. The van der Waals surface area contributed by atoms with Crippen molar-refractivity contribution in [3.05, 3.63) is 64.9 Å². The number of guanidine groups is 1. The van der Waals surface area contributed by atoms with Gasteiger partial charge >= 0.3 is 0 Å². The van der Waals surface area contributed by atoms with E-state index in [1.807, 2.05) is 58.0 Å². The van der Waals surface area contributed by atoms with Crippen LogP contribution in [0.25, 0.3) is 11.5 Å². The molecule has 0 amide bonds. The van der Waals surface area contributed by atoms with E-state index in [2.05, 4.69) is 20.6 Å². The Bertz CT molecular complexity index is 1010. The number of aryl methyl sites for hydroxylation is 3. The van der Waals surface area contributed by atoms with E-state index in [1.165, 1.54) is 5.56 Å². The van der Waals surface area contributed by atoms with Crippen molar-refractivity contribution in [2.45, 2.75) is 46.8 Å². The van der Waals surface area contributed by atoms with Crippen LogP contribution in [0.3, 0.4) is 0 Å². The van der Waals surface area contributed by atoms with Gasteiger partial charge in [-0.2, -0.15) is 0 Å². The average molecular weight is 538 g/mol. The van der Waals surface area contributed by atoms with Crippen molar-refractivity contribution in [2.24, 2.45) is 4.99 Å². The van der Waals surface area contributed by atoms with E-state index < -0.39 is 5.60 Å². The molecule has 0 fully saturated rings. The SMILES string of the molecule is CCNC(=NCc1coc(-c2ccc(C)cc2)n1)NCC(C)(O)c1cc(C)oc1C.I. The van der Waals surface area contributed by atoms with Crippen LogP contribution in [0.4, 0.5) is 0 Å². The van der Waals surface area contributed by atoms with Crippen molar-refractivity contribution < 1.29 is 13.9 Å². The highest BCUT2D eigenvalue weighted by Gasteiger charge is 2.27. The topological polar surface area (TPSA) is 95.8 Å². The number of halogens is 1. The number of aromatic nitrogens is 1. The Morgan fingerprint density at radius 2 is 1.87 bits per heavy atom. The molecule has 168 valence electrons. The number of nitrogens with one attached hydrogen (secondary N) is 2. The van der Waals surface area contributed by atoms with Gasteiger partial charge < -0.3 is 24.6 Å². The van der Waals surface area contributed by atoms with Crippen molar-refractivity contribution in [3.8, 4) is 11.5 Å². The Hall–Kier alpha value is -2.33. The van der Waals surface area contributed by atoms with Crippen molar-refractivity contribution in [2.75, 3.05) is 13.1 Å². The van der Waals surface area contributed by atoms with E-state index >= 15 is 0 Å². The molecule has 1 aromatic carbocycles. The molecule has 1 atom stereocenters. The van der Waals surface area contributed by atoms with Gasteiger partial charge in [0, 0.05) is 17.7 Å². The summed E-state index contributed by atoms with van der Waals surface area (Å²) in [4.78, 5) is 9.09. The molecule has 0 bridgehead atoms. The van der Waals surface area contributed by atoms with Crippen molar-refractivity contribution in [3.63, 3.8) is 0 Å². The molecule has 0 spiro atoms. The number of hydrogen-bond donors (Lipinski definition) is 3. The number of oxazole rings is 1. The van der Waals surface area contributed by atoms with Gasteiger partial charge in [-0.05, 0) is 52.8 Å². The zero-order chi connectivity index (χ0) is 21.7. The molecule has 0 radical (unpaired) electrons. The lowest BCUT2D eigenvalue weighted by Gasteiger charge is -2.24. The molecule has 31 heavy (non-hydrogen) atoms. The summed E-state index contributed by atoms with van der Waals surface area (Å²) in [6, 6.07) is 9.89. The standard InChI is InChI=1S/C23H30N4O3.HI/c1-6-24-22(26-14-23(5,28)20-11-16(3)30-17(20)4)25-12-19-13-29-21(27-19)18-9-7-15(2)8-10-18;/h7-11,13,28H,6,12,14H2,1-5H3,(H2,24,25,26);1H. The monoisotopic (exact) mass is 538 g/mol. The van der Waals surface area contributed by atoms with Gasteiger partial charge in [0.15, 0.2) is 5.96 Å². The number of aliphatic hydroxyl groups is 1. The van der Waals surface area contributed by atoms with Crippen LogP contribution >= 0.6 is 24.0 Å². The van der Waals surface area contributed by atoms with Crippen molar-refractivity contribution in [1.82, 2.24) is 15.6 Å². The molecular weight excluding hydrogens is 507 g/mol. The number of hydrogen-bond acceptors (Lipinski definition) is 5. The molecule has 0 saturated carbocycles. The molecule has 8 heteroatoms. The fourth-order valence-electron chi connectivity index (χ4n) is 3.23. The zero-order valence-corrected chi connectivity index (χ0v) is 21.0. The molecule has 0 aliphatic heterocycles. The lowest BCUT2D eigenvalue weighted by atomic mass is 9.96. The predicted molar refractivity (Wildman–Crippen MR) is 133 cm³/mol. The summed E-state index contributed by atoms with van der Waals surface area (Å²) in [7, 11) is 0. The van der Waals surface area contributed by atoms with Crippen molar-refractivity contribution >= 4 is 29.9 Å². The minimum absolute atomic E-state index is 0. The lowest BCUT2D eigenvalue weighted by Crippen LogP contribution is -2.44. The van der Waals surface area contributed by atoms with E-state index in [0.29, 0.717) is 30.7 Å². The van der Waals surface area contributed by atoms with Gasteiger partial charge in [0.25, 0.3) is 0 Å². The van der Waals surface area contributed by atoms with E-state index in [1.54, 1.807) is 13.2 Å². The Morgan fingerprint density at radius 3 is 2.48 bits per heavy atom. The second-order valence-electron chi connectivity index (χ2n) is 7.66. The van der Waals surface area contributed by atoms with Gasteiger partial charge in [0.05, 0.1) is 13.1 Å². The first-order chi connectivity index (χ1) is 14.3. The molecule has 2 aromatic heterocycles. The van der Waals surface area contributed by atoms with Gasteiger partial charge in [0.2, 0.25) is 5.89 Å². The molecule has 3 aromatic rings. The summed E-state index contributed by atoms with van der Waals surface area (Å²) in [6.07, 6.45) is 1.62. The number of benzene rings is 1. The third kappa shape index (κ3) is 6.57. The van der Waals surface area contributed by atoms with Crippen LogP contribution in [0.2, 0.25) is 0 Å². The largest absolute Gasteiger partial charge is 0.466 e. The number of aliphatic imine (C=N–C) groups is 1. The molecule has 3 N–H and O–H groups in total. The molecular formula is C23H31IN4O3. The van der Waals surface area contributed by atoms with Crippen LogP contribution in [0, 0.1) is 20.8 Å². The molecule has 7 nitrogen and oxygen atoms in total. The highest BCUT2D eigenvalue weighted by atomic mass is 127. The second kappa shape index (κ2) is 10.8. The maximum Gasteiger partial charge on any atom is 0.226 e. The van der Waals surface area contributed by atoms with E-state index in [9.17, 15) is 5.11 Å². The van der Waals surface area contributed by atoms with Crippen LogP contribution < -0.4 is 10.6 Å². The highest BCUT2D eigenvalue weighted by molar-refractivity contribution is 14.0. The smallest absolute Gasteiger partial charge is 0.226 e. The third-order valence-corrected chi connectivity index (χ3v) is 4.81. The lowest BCUT2D eigenvalue weighted by molar-refractivity contribution is 0.0601. The molecule has 0 aliphatic rings. The predicted octanol–water partition coefficient (Wildman–Crippen LogP) is 4.44. The van der Waals surface area contributed by atoms with E-state index in [-0.39, 0.29) is 30.5 Å². The molecule has 0 aliphatic carbocycles. The summed E-state index contributed by atoms with van der Waals surface area (Å²) in [5, 5.41) is 17.3. The maximum absolute atomic E-state index is 10.9. The third-order valence-electron chi connectivity index (χ3n) is 4.81. The van der Waals surface area contributed by atoms with Gasteiger partial charge in [-0.3, -0.25) is 0 Å². The number of rotatable bonds is 7. The summed E-state index contributed by atoms with van der Waals surface area (Å²) < 4.78 is 11.2. The maximum atomic E-state index is 10.9. The van der Waals surface area contributed by atoms with Crippen LogP contribution in [0.15, 0.2) is 50.4 Å². The van der Waals surface area contributed by atoms with Gasteiger partial charge in [-0.1, -0.05) is 17.7 Å². The highest BCUT2D eigenvalue weighted by Crippen LogP contribution is 2.26. The Kier molecular flexibility index (Phi) is 8.69. The Labute approximate surface area is 200 Å². The van der Waals surface area contributed by atoms with E-state index in [4.69, 9.17) is 8.83 Å². The first-order valence-corrected chi connectivity index (χ1v) is 10.1. The van der Waals surface area contributed by atoms with Crippen LogP contribution in [-0.4, -0.2) is 29.1 Å². The molecule has 1 unspecified atom stereocenters. The Morgan fingerprint density at radius 1 is 1.16 bits per heavy atom. The van der Waals surface area contributed by atoms with Gasteiger partial charge in [0.1, 0.15) is 29.1 Å². The average Bonchev–Trinajstić information content (AvgIpc) is 3.31. The number of nitrogens with zero attached hydrogens (tertiary/aromatic N) is 2. The normalized spacial score (nSPS) is 13.4. The number of furan rings is 1. The molecule has 3 rings (SSSR count). The fraction of sp³-hybridized carbons (Fsp3) is 0.391. The Balaban J connectivity index is 0.00000341. The summed E-state index contributed by atoms with van der Waals surface area (Å²) >= 11 is 0. The zero-order valence-electron chi connectivity index (χ0n) is 18.7. The minimum Gasteiger partial charge on any atom is -0.466 e. The van der Waals surface area contributed by atoms with E-state index in [0.717, 1.165) is 22.6 Å². The van der Waals surface area contributed by atoms with Crippen LogP contribution in [0.5, 0.6) is 0 Å². The summed E-state index contributed by atoms with van der Waals surface area (Å²) in [5.41, 5.74) is 2.53. The van der Waals surface area contributed by atoms with Crippen LogP contribution in [0.1, 0.15) is 42.2 Å². The fourth-order valence-corrected chi connectivity index (χ4v) is 3.23. The van der Waals surface area contributed by atoms with Gasteiger partial charge in [-0.25, -0.2) is 9.98 Å². The summed E-state index contributed by atoms with van der Waals surface area (Å²) in [6.45, 7) is 10.9. The first kappa shape index (κ1) is 24.9. The first-order valence-electron chi connectivity index (χ1n) is 10.1. The van der Waals surface area contributed by atoms with Gasteiger partial charge in [-0.15, -0.1) is 24.0 Å².